The Kier molecular flexibility index (Phi) is 8.00. The fourth-order valence-electron chi connectivity index (χ4n) is 3.81. The van der Waals surface area contributed by atoms with Crippen LogP contribution in [0.1, 0.15) is 31.4 Å². The van der Waals surface area contributed by atoms with Crippen molar-refractivity contribution in [3.63, 3.8) is 0 Å². The molecule has 4 aromatic rings. The second-order valence-electron chi connectivity index (χ2n) is 9.10. The zero-order chi connectivity index (χ0) is 25.5. The third kappa shape index (κ3) is 6.10. The molecule has 0 saturated heterocycles. The van der Waals surface area contributed by atoms with Crippen LogP contribution in [0.3, 0.4) is 0 Å². The van der Waals surface area contributed by atoms with E-state index >= 15 is 0 Å². The van der Waals surface area contributed by atoms with E-state index in [9.17, 15) is 9.90 Å². The number of benzene rings is 3. The highest BCUT2D eigenvalue weighted by Crippen LogP contribution is 2.39. The zero-order valence-electron chi connectivity index (χ0n) is 20.8. The first kappa shape index (κ1) is 25.0. The Labute approximate surface area is 211 Å². The third-order valence-corrected chi connectivity index (χ3v) is 5.85. The van der Waals surface area contributed by atoms with Crippen molar-refractivity contribution in [1.29, 1.82) is 0 Å². The van der Waals surface area contributed by atoms with Crippen LogP contribution < -0.4 is 9.47 Å². The minimum absolute atomic E-state index is 0.0511. The van der Waals surface area contributed by atoms with Gasteiger partial charge in [-0.3, -0.25) is 4.79 Å². The molecular formula is C29H31N3O4. The van der Waals surface area contributed by atoms with Crippen molar-refractivity contribution in [3.8, 4) is 17.4 Å². The summed E-state index contributed by atoms with van der Waals surface area (Å²) < 4.78 is 13.1. The van der Waals surface area contributed by atoms with Gasteiger partial charge in [0.05, 0.1) is 18.7 Å². The van der Waals surface area contributed by atoms with Gasteiger partial charge in [0.1, 0.15) is 11.5 Å². The topological polar surface area (TPSA) is 85.4 Å². The number of aromatic nitrogens is 1. The van der Waals surface area contributed by atoms with E-state index in [0.29, 0.717) is 30.2 Å². The molecule has 0 fully saturated rings. The monoisotopic (exact) mass is 485 g/mol. The molecule has 4 rings (SSSR count). The molecule has 0 aliphatic heterocycles. The average Bonchev–Trinajstić information content (AvgIpc) is 3.13. The number of para-hydroxylation sites is 2. The number of nitrogens with zero attached hydrogens (tertiary/aromatic N) is 3. The maximum Gasteiger partial charge on any atom is 0.302 e. The molecule has 1 aromatic heterocycles. The predicted molar refractivity (Wildman–Crippen MR) is 140 cm³/mol. The molecule has 0 saturated carbocycles. The Hall–Kier alpha value is -4.13. The number of hydrogen-bond acceptors (Lipinski definition) is 5. The summed E-state index contributed by atoms with van der Waals surface area (Å²) in [6.07, 6.45) is 1.00. The lowest BCUT2D eigenvalue weighted by molar-refractivity contribution is -0.120. The van der Waals surface area contributed by atoms with Crippen LogP contribution in [0.25, 0.3) is 10.9 Å². The Morgan fingerprint density at radius 1 is 0.972 bits per heavy atom. The van der Waals surface area contributed by atoms with Gasteiger partial charge in [-0.15, -0.1) is 10.2 Å². The smallest absolute Gasteiger partial charge is 0.302 e. The summed E-state index contributed by atoms with van der Waals surface area (Å²) in [5.41, 5.74) is 2.97. The van der Waals surface area contributed by atoms with Crippen molar-refractivity contribution in [2.24, 2.45) is 16.1 Å². The molecular weight excluding hydrogens is 454 g/mol. The fraction of sp³-hybridized carbons (Fsp3) is 0.276. The molecule has 0 atom stereocenters. The average molecular weight is 486 g/mol. The van der Waals surface area contributed by atoms with E-state index < -0.39 is 5.91 Å². The SMILES string of the molecule is Cc1ccccc1OCC(=O)N=Nc1c(O)n(Cc2ccc(OCCC(C)C)cc2)c2ccccc12. The highest BCUT2D eigenvalue weighted by atomic mass is 16.5. The number of rotatable bonds is 10. The van der Waals surface area contributed by atoms with Crippen molar-refractivity contribution in [3.05, 3.63) is 83.9 Å². The summed E-state index contributed by atoms with van der Waals surface area (Å²) >= 11 is 0. The number of aromatic hydroxyl groups is 1. The molecule has 0 bridgehead atoms. The lowest BCUT2D eigenvalue weighted by Crippen LogP contribution is -2.08. The van der Waals surface area contributed by atoms with Gasteiger partial charge in [0.15, 0.2) is 12.3 Å². The number of azo groups is 1. The summed E-state index contributed by atoms with van der Waals surface area (Å²) in [5, 5.41) is 19.6. The van der Waals surface area contributed by atoms with Gasteiger partial charge in [0, 0.05) is 5.39 Å². The van der Waals surface area contributed by atoms with Crippen LogP contribution in [0, 0.1) is 12.8 Å². The van der Waals surface area contributed by atoms with Gasteiger partial charge in [0.25, 0.3) is 0 Å². The Morgan fingerprint density at radius 3 is 2.44 bits per heavy atom. The minimum atomic E-state index is -0.539. The van der Waals surface area contributed by atoms with Crippen LogP contribution in [0.4, 0.5) is 5.69 Å². The normalized spacial score (nSPS) is 11.4. The van der Waals surface area contributed by atoms with Crippen LogP contribution in [-0.2, 0) is 11.3 Å². The van der Waals surface area contributed by atoms with Crippen molar-refractivity contribution in [2.45, 2.75) is 33.7 Å². The quantitative estimate of drug-likeness (QED) is 0.250. The van der Waals surface area contributed by atoms with Gasteiger partial charge in [-0.05, 0) is 54.7 Å². The molecule has 7 heteroatoms. The van der Waals surface area contributed by atoms with Crippen molar-refractivity contribution < 1.29 is 19.4 Å². The van der Waals surface area contributed by atoms with Crippen LogP contribution >= 0.6 is 0 Å². The summed E-state index contributed by atoms with van der Waals surface area (Å²) in [4.78, 5) is 12.3. The number of ether oxygens (including phenoxy) is 2. The standard InChI is InChI=1S/C29H31N3O4/c1-20(2)16-17-35-23-14-12-22(13-15-23)18-32-25-10-6-5-9-24(25)28(29(32)34)31-30-27(33)19-36-26-11-7-4-8-21(26)3/h4-15,20,34H,16-19H2,1-3H3. The second kappa shape index (κ2) is 11.5. The highest BCUT2D eigenvalue weighted by Gasteiger charge is 2.17. The number of amides is 1. The van der Waals surface area contributed by atoms with Crippen LogP contribution in [0.2, 0.25) is 0 Å². The molecule has 0 spiro atoms. The lowest BCUT2D eigenvalue weighted by atomic mass is 10.1. The van der Waals surface area contributed by atoms with E-state index in [1.165, 1.54) is 0 Å². The summed E-state index contributed by atoms with van der Waals surface area (Å²) in [5.74, 6) is 1.45. The first-order valence-electron chi connectivity index (χ1n) is 12.1. The summed E-state index contributed by atoms with van der Waals surface area (Å²) in [7, 11) is 0. The first-order chi connectivity index (χ1) is 17.4. The molecule has 7 nitrogen and oxygen atoms in total. The molecule has 0 aliphatic rings. The molecule has 186 valence electrons. The van der Waals surface area contributed by atoms with Gasteiger partial charge >= 0.3 is 5.91 Å². The molecule has 1 N–H and O–H groups in total. The summed E-state index contributed by atoms with van der Waals surface area (Å²) in [6.45, 7) is 7.12. The molecule has 36 heavy (non-hydrogen) atoms. The van der Waals surface area contributed by atoms with E-state index in [0.717, 1.165) is 28.8 Å². The van der Waals surface area contributed by atoms with E-state index in [2.05, 4.69) is 24.1 Å². The second-order valence-corrected chi connectivity index (χ2v) is 9.10. The molecule has 1 amide bonds. The Bertz CT molecular complexity index is 1360. The number of fused-ring (bicyclic) bond motifs is 1. The van der Waals surface area contributed by atoms with Crippen molar-refractivity contribution in [1.82, 2.24) is 4.57 Å². The fourth-order valence-corrected chi connectivity index (χ4v) is 3.81. The van der Waals surface area contributed by atoms with Crippen molar-refractivity contribution >= 4 is 22.5 Å². The van der Waals surface area contributed by atoms with E-state index in [1.807, 2.05) is 73.7 Å². The zero-order valence-corrected chi connectivity index (χ0v) is 20.8. The lowest BCUT2D eigenvalue weighted by Gasteiger charge is -2.10. The molecule has 0 radical (unpaired) electrons. The Balaban J connectivity index is 1.48. The molecule has 3 aromatic carbocycles. The largest absolute Gasteiger partial charge is 0.494 e. The van der Waals surface area contributed by atoms with Crippen LogP contribution in [0.15, 0.2) is 83.0 Å². The maximum absolute atomic E-state index is 12.3. The van der Waals surface area contributed by atoms with Gasteiger partial charge < -0.3 is 19.1 Å². The van der Waals surface area contributed by atoms with Gasteiger partial charge in [-0.1, -0.05) is 62.4 Å². The highest BCUT2D eigenvalue weighted by molar-refractivity contribution is 5.95. The van der Waals surface area contributed by atoms with Gasteiger partial charge in [-0.2, -0.15) is 0 Å². The van der Waals surface area contributed by atoms with Gasteiger partial charge in [0.2, 0.25) is 5.88 Å². The molecule has 0 aliphatic carbocycles. The predicted octanol–water partition coefficient (Wildman–Crippen LogP) is 6.82. The van der Waals surface area contributed by atoms with Crippen LogP contribution in [-0.4, -0.2) is 28.8 Å². The number of aryl methyl sites for hydroxylation is 1. The first-order valence-corrected chi connectivity index (χ1v) is 12.1. The van der Waals surface area contributed by atoms with Gasteiger partial charge in [-0.25, -0.2) is 0 Å². The van der Waals surface area contributed by atoms with Crippen molar-refractivity contribution in [2.75, 3.05) is 13.2 Å². The summed E-state index contributed by atoms with van der Waals surface area (Å²) in [6, 6.07) is 22.8. The maximum atomic E-state index is 12.3. The number of hydrogen-bond donors (Lipinski definition) is 1. The van der Waals surface area contributed by atoms with E-state index in [1.54, 1.807) is 10.6 Å². The number of carbonyl (C=O) groups excluding carboxylic acids is 1. The van der Waals surface area contributed by atoms with E-state index in [-0.39, 0.29) is 18.2 Å². The third-order valence-electron chi connectivity index (χ3n) is 5.85. The molecule has 1 heterocycles. The van der Waals surface area contributed by atoms with Crippen LogP contribution in [0.5, 0.6) is 17.4 Å². The minimum Gasteiger partial charge on any atom is -0.494 e. The number of carbonyl (C=O) groups is 1. The molecule has 0 unspecified atom stereocenters. The Morgan fingerprint density at radius 2 is 1.69 bits per heavy atom. The van der Waals surface area contributed by atoms with E-state index in [4.69, 9.17) is 9.47 Å².